The van der Waals surface area contributed by atoms with Gasteiger partial charge in [-0.25, -0.2) is 4.98 Å². The molecule has 1 aromatic rings. The van der Waals surface area contributed by atoms with Crippen molar-refractivity contribution in [1.29, 1.82) is 0 Å². The highest BCUT2D eigenvalue weighted by Gasteiger charge is 2.18. The third kappa shape index (κ3) is 2.34. The monoisotopic (exact) mass is 223 g/mol. The Morgan fingerprint density at radius 2 is 1.87 bits per heavy atom. The van der Waals surface area contributed by atoms with E-state index in [1.54, 1.807) is 0 Å². The summed E-state index contributed by atoms with van der Waals surface area (Å²) in [7, 11) is 0. The molecule has 0 radical (unpaired) electrons. The van der Waals surface area contributed by atoms with Gasteiger partial charge in [-0.1, -0.05) is 30.9 Å². The molecular formula is C13H18ClN. The van der Waals surface area contributed by atoms with Gasteiger partial charge >= 0.3 is 0 Å². The number of halogens is 1. The number of rotatable bonds is 1. The standard InChI is InChI=1S/C13H18ClN/c1-9-8-12(10(2)13(14)15-9)11-6-4-3-5-7-11/h8,11H,3-7H2,1-2H3. The number of hydrogen-bond donors (Lipinski definition) is 0. The van der Waals surface area contributed by atoms with Gasteiger partial charge in [-0.15, -0.1) is 0 Å². The van der Waals surface area contributed by atoms with Crippen LogP contribution >= 0.6 is 11.6 Å². The van der Waals surface area contributed by atoms with Crippen molar-refractivity contribution in [2.24, 2.45) is 0 Å². The third-order valence-corrected chi connectivity index (χ3v) is 3.79. The maximum Gasteiger partial charge on any atom is 0.132 e. The zero-order valence-corrected chi connectivity index (χ0v) is 10.3. The molecule has 1 fully saturated rings. The van der Waals surface area contributed by atoms with Crippen LogP contribution in [0.3, 0.4) is 0 Å². The Morgan fingerprint density at radius 1 is 1.20 bits per heavy atom. The molecule has 82 valence electrons. The van der Waals surface area contributed by atoms with E-state index in [0.717, 1.165) is 11.6 Å². The van der Waals surface area contributed by atoms with Crippen LogP contribution in [0.15, 0.2) is 6.07 Å². The second-order valence-corrected chi connectivity index (χ2v) is 4.96. The van der Waals surface area contributed by atoms with Crippen LogP contribution in [0.2, 0.25) is 5.15 Å². The van der Waals surface area contributed by atoms with Crippen molar-refractivity contribution in [3.8, 4) is 0 Å². The quantitative estimate of drug-likeness (QED) is 0.643. The minimum atomic E-state index is 0.690. The maximum absolute atomic E-state index is 6.13. The van der Waals surface area contributed by atoms with Crippen LogP contribution in [0, 0.1) is 13.8 Å². The molecule has 1 saturated carbocycles. The molecule has 0 atom stereocenters. The van der Waals surface area contributed by atoms with E-state index in [9.17, 15) is 0 Å². The van der Waals surface area contributed by atoms with E-state index in [-0.39, 0.29) is 0 Å². The van der Waals surface area contributed by atoms with Gasteiger partial charge in [0.15, 0.2) is 0 Å². The molecule has 0 aliphatic heterocycles. The highest BCUT2D eigenvalue weighted by Crippen LogP contribution is 2.35. The van der Waals surface area contributed by atoms with Crippen molar-refractivity contribution in [3.05, 3.63) is 28.0 Å². The van der Waals surface area contributed by atoms with Crippen LogP contribution in [-0.4, -0.2) is 4.98 Å². The van der Waals surface area contributed by atoms with Gasteiger partial charge in [0.25, 0.3) is 0 Å². The predicted octanol–water partition coefficient (Wildman–Crippen LogP) is 4.40. The minimum absolute atomic E-state index is 0.690. The fraction of sp³-hybridized carbons (Fsp3) is 0.615. The molecule has 1 aliphatic carbocycles. The Balaban J connectivity index is 2.33. The van der Waals surface area contributed by atoms with Crippen molar-refractivity contribution >= 4 is 11.6 Å². The summed E-state index contributed by atoms with van der Waals surface area (Å²) < 4.78 is 0. The lowest BCUT2D eigenvalue weighted by atomic mass is 9.82. The molecule has 0 aromatic carbocycles. The first-order valence-corrected chi connectivity index (χ1v) is 6.20. The SMILES string of the molecule is Cc1cc(C2CCCCC2)c(C)c(Cl)n1. The van der Waals surface area contributed by atoms with Crippen LogP contribution in [-0.2, 0) is 0 Å². The summed E-state index contributed by atoms with van der Waals surface area (Å²) in [6.07, 6.45) is 6.76. The van der Waals surface area contributed by atoms with E-state index < -0.39 is 0 Å². The summed E-state index contributed by atoms with van der Waals surface area (Å²) in [5, 5.41) is 0.690. The molecule has 1 heterocycles. The lowest BCUT2D eigenvalue weighted by Crippen LogP contribution is -2.07. The van der Waals surface area contributed by atoms with E-state index in [1.807, 2.05) is 6.92 Å². The average molecular weight is 224 g/mol. The summed E-state index contributed by atoms with van der Waals surface area (Å²) in [5.74, 6) is 0.720. The molecule has 0 N–H and O–H groups in total. The molecule has 15 heavy (non-hydrogen) atoms. The molecule has 0 unspecified atom stereocenters. The highest BCUT2D eigenvalue weighted by atomic mass is 35.5. The normalized spacial score (nSPS) is 18.1. The van der Waals surface area contributed by atoms with Gasteiger partial charge in [0.2, 0.25) is 0 Å². The van der Waals surface area contributed by atoms with Gasteiger partial charge < -0.3 is 0 Å². The van der Waals surface area contributed by atoms with Crippen molar-refractivity contribution in [1.82, 2.24) is 4.98 Å². The first-order chi connectivity index (χ1) is 7.18. The van der Waals surface area contributed by atoms with Gasteiger partial charge in [0.05, 0.1) is 0 Å². The summed E-state index contributed by atoms with van der Waals surface area (Å²) in [5.41, 5.74) is 3.67. The highest BCUT2D eigenvalue weighted by molar-refractivity contribution is 6.30. The second kappa shape index (κ2) is 4.52. The largest absolute Gasteiger partial charge is 0.241 e. The zero-order chi connectivity index (χ0) is 10.8. The van der Waals surface area contributed by atoms with Gasteiger partial charge in [0.1, 0.15) is 5.15 Å². The molecule has 1 aromatic heterocycles. The molecule has 0 bridgehead atoms. The zero-order valence-electron chi connectivity index (χ0n) is 9.52. The maximum atomic E-state index is 6.13. The Hall–Kier alpha value is -0.560. The molecular weight excluding hydrogens is 206 g/mol. The van der Waals surface area contributed by atoms with E-state index in [1.165, 1.54) is 43.2 Å². The smallest absolute Gasteiger partial charge is 0.132 e. The Kier molecular flexibility index (Phi) is 3.30. The molecule has 0 spiro atoms. The third-order valence-electron chi connectivity index (χ3n) is 3.43. The predicted molar refractivity (Wildman–Crippen MR) is 64.5 cm³/mol. The summed E-state index contributed by atoms with van der Waals surface area (Å²) in [6, 6.07) is 2.22. The first-order valence-electron chi connectivity index (χ1n) is 5.82. The van der Waals surface area contributed by atoms with E-state index in [4.69, 9.17) is 11.6 Å². The molecule has 1 aliphatic rings. The van der Waals surface area contributed by atoms with Gasteiger partial charge in [-0.05, 0) is 49.8 Å². The number of pyridine rings is 1. The lowest BCUT2D eigenvalue weighted by molar-refractivity contribution is 0.442. The first kappa shape index (κ1) is 10.9. The molecule has 0 saturated heterocycles. The van der Waals surface area contributed by atoms with Crippen LogP contribution in [0.1, 0.15) is 54.8 Å². The van der Waals surface area contributed by atoms with Crippen LogP contribution in [0.5, 0.6) is 0 Å². The van der Waals surface area contributed by atoms with Crippen molar-refractivity contribution in [2.45, 2.75) is 51.9 Å². The number of hydrogen-bond acceptors (Lipinski definition) is 1. The average Bonchev–Trinajstić information content (AvgIpc) is 2.24. The van der Waals surface area contributed by atoms with E-state index in [2.05, 4.69) is 18.0 Å². The topological polar surface area (TPSA) is 12.9 Å². The number of nitrogens with zero attached hydrogens (tertiary/aromatic N) is 1. The minimum Gasteiger partial charge on any atom is -0.241 e. The van der Waals surface area contributed by atoms with Crippen molar-refractivity contribution < 1.29 is 0 Å². The Morgan fingerprint density at radius 3 is 2.53 bits per heavy atom. The van der Waals surface area contributed by atoms with Gasteiger partial charge in [0, 0.05) is 5.69 Å². The molecule has 1 nitrogen and oxygen atoms in total. The van der Waals surface area contributed by atoms with Crippen molar-refractivity contribution in [2.75, 3.05) is 0 Å². The van der Waals surface area contributed by atoms with Crippen LogP contribution in [0.25, 0.3) is 0 Å². The van der Waals surface area contributed by atoms with Gasteiger partial charge in [-0.2, -0.15) is 0 Å². The summed E-state index contributed by atoms with van der Waals surface area (Å²) in [4.78, 5) is 4.29. The molecule has 2 rings (SSSR count). The fourth-order valence-electron chi connectivity index (χ4n) is 2.56. The number of aryl methyl sites for hydroxylation is 1. The van der Waals surface area contributed by atoms with E-state index in [0.29, 0.717) is 5.15 Å². The Labute approximate surface area is 96.9 Å². The van der Waals surface area contributed by atoms with E-state index >= 15 is 0 Å². The van der Waals surface area contributed by atoms with Crippen molar-refractivity contribution in [3.63, 3.8) is 0 Å². The summed E-state index contributed by atoms with van der Waals surface area (Å²) in [6.45, 7) is 4.12. The van der Waals surface area contributed by atoms with Gasteiger partial charge in [-0.3, -0.25) is 0 Å². The van der Waals surface area contributed by atoms with Crippen LogP contribution < -0.4 is 0 Å². The molecule has 2 heteroatoms. The summed E-state index contributed by atoms with van der Waals surface area (Å²) >= 11 is 6.13. The second-order valence-electron chi connectivity index (χ2n) is 4.60. The Bertz CT molecular complexity index is 354. The molecule has 0 amide bonds. The lowest BCUT2D eigenvalue weighted by Gasteiger charge is -2.24. The van der Waals surface area contributed by atoms with Crippen LogP contribution in [0.4, 0.5) is 0 Å². The fourth-order valence-corrected chi connectivity index (χ4v) is 2.80. The number of aromatic nitrogens is 1.